The van der Waals surface area contributed by atoms with Crippen LogP contribution in [0.2, 0.25) is 0 Å². The lowest BCUT2D eigenvalue weighted by atomic mass is 10.1. The quantitative estimate of drug-likeness (QED) is 0.860. The molecule has 6 heteroatoms. The van der Waals surface area contributed by atoms with Crippen molar-refractivity contribution in [1.29, 1.82) is 5.41 Å². The van der Waals surface area contributed by atoms with Crippen LogP contribution in [-0.2, 0) is 9.84 Å². The van der Waals surface area contributed by atoms with Gasteiger partial charge < -0.3 is 4.90 Å². The Morgan fingerprint density at radius 2 is 1.84 bits per heavy atom. The second-order valence-corrected chi connectivity index (χ2v) is 8.70. The van der Waals surface area contributed by atoms with E-state index in [2.05, 4.69) is 6.07 Å². The first-order valence-corrected chi connectivity index (χ1v) is 8.89. The third-order valence-corrected chi connectivity index (χ3v) is 6.70. The van der Waals surface area contributed by atoms with E-state index in [1.165, 1.54) is 11.8 Å². The average Bonchev–Trinajstić information content (AvgIpc) is 2.66. The predicted molar refractivity (Wildman–Crippen MR) is 79.9 cm³/mol. The number of rotatable bonds is 1. The number of fused-ring (bicyclic) bond motifs is 1. The highest BCUT2D eigenvalue weighted by Gasteiger charge is 2.48. The number of anilines is 1. The lowest BCUT2D eigenvalue weighted by Gasteiger charge is -2.24. The topological polar surface area (TPSA) is 61.2 Å². The van der Waals surface area contributed by atoms with E-state index in [-0.39, 0.29) is 22.8 Å². The van der Waals surface area contributed by atoms with Crippen LogP contribution in [0.25, 0.3) is 0 Å². The molecule has 1 N–H and O–H groups in total. The molecule has 0 bridgehead atoms. The minimum atomic E-state index is -2.95. The third-order valence-electron chi connectivity index (χ3n) is 3.57. The van der Waals surface area contributed by atoms with Crippen LogP contribution in [0.1, 0.15) is 11.1 Å². The first-order chi connectivity index (χ1) is 8.85. The van der Waals surface area contributed by atoms with Crippen molar-refractivity contribution in [1.82, 2.24) is 0 Å². The maximum absolute atomic E-state index is 11.8. The number of nitrogens with one attached hydrogen (secondary N) is 1. The van der Waals surface area contributed by atoms with E-state index in [0.717, 1.165) is 16.8 Å². The normalized spacial score (nSPS) is 28.7. The highest BCUT2D eigenvalue weighted by molar-refractivity contribution is 8.15. The number of benzene rings is 1. The van der Waals surface area contributed by atoms with Crippen LogP contribution in [0.4, 0.5) is 5.69 Å². The van der Waals surface area contributed by atoms with Gasteiger partial charge in [0, 0.05) is 10.9 Å². The Labute approximate surface area is 117 Å². The minimum absolute atomic E-state index is 0.0123. The Hall–Kier alpha value is -1.01. The Morgan fingerprint density at radius 3 is 2.47 bits per heavy atom. The fraction of sp³-hybridized carbons (Fsp3) is 0.462. The molecule has 0 unspecified atom stereocenters. The van der Waals surface area contributed by atoms with Gasteiger partial charge in [-0.2, -0.15) is 0 Å². The number of nitrogens with zero attached hydrogens (tertiary/aromatic N) is 1. The molecule has 1 aromatic carbocycles. The van der Waals surface area contributed by atoms with Crippen LogP contribution in [-0.4, -0.2) is 36.4 Å². The molecule has 2 aliphatic heterocycles. The fourth-order valence-corrected chi connectivity index (χ4v) is 6.69. The number of thioether (sulfide) groups is 1. The number of sulfone groups is 1. The summed E-state index contributed by atoms with van der Waals surface area (Å²) in [5.74, 6) is 0.367. The summed E-state index contributed by atoms with van der Waals surface area (Å²) in [6, 6.07) is 6.05. The van der Waals surface area contributed by atoms with E-state index in [0.29, 0.717) is 5.17 Å². The zero-order chi connectivity index (χ0) is 13.8. The van der Waals surface area contributed by atoms with E-state index < -0.39 is 9.84 Å². The molecule has 19 heavy (non-hydrogen) atoms. The summed E-state index contributed by atoms with van der Waals surface area (Å²) < 4.78 is 23.5. The summed E-state index contributed by atoms with van der Waals surface area (Å²) in [4.78, 5) is 1.89. The van der Waals surface area contributed by atoms with Crippen LogP contribution >= 0.6 is 11.8 Å². The van der Waals surface area contributed by atoms with Gasteiger partial charge in [0.2, 0.25) is 0 Å². The molecule has 3 rings (SSSR count). The van der Waals surface area contributed by atoms with Gasteiger partial charge in [-0.1, -0.05) is 17.8 Å². The van der Waals surface area contributed by atoms with E-state index in [4.69, 9.17) is 5.41 Å². The second-order valence-electron chi connectivity index (χ2n) is 5.32. The molecule has 0 amide bonds. The van der Waals surface area contributed by atoms with Crippen molar-refractivity contribution in [2.75, 3.05) is 16.4 Å². The highest BCUT2D eigenvalue weighted by Crippen LogP contribution is 2.40. The van der Waals surface area contributed by atoms with Crippen molar-refractivity contribution in [3.63, 3.8) is 0 Å². The van der Waals surface area contributed by atoms with E-state index >= 15 is 0 Å². The SMILES string of the molecule is Cc1cc(C)cc(N2C(=N)S[C@@H]3CS(=O)(=O)C[C@@H]32)c1. The molecule has 2 atom stereocenters. The smallest absolute Gasteiger partial charge is 0.161 e. The van der Waals surface area contributed by atoms with Crippen LogP contribution in [0.3, 0.4) is 0 Å². The van der Waals surface area contributed by atoms with Crippen molar-refractivity contribution in [3.8, 4) is 0 Å². The van der Waals surface area contributed by atoms with E-state index in [1.54, 1.807) is 0 Å². The molecular formula is C13H16N2O2S2. The monoisotopic (exact) mass is 296 g/mol. The molecule has 1 aromatic rings. The first kappa shape index (κ1) is 13.0. The van der Waals surface area contributed by atoms with Crippen LogP contribution < -0.4 is 4.90 Å². The van der Waals surface area contributed by atoms with E-state index in [1.807, 2.05) is 30.9 Å². The maximum atomic E-state index is 11.8. The Bertz CT molecular complexity index is 634. The van der Waals surface area contributed by atoms with Crippen LogP contribution in [0, 0.1) is 19.3 Å². The molecule has 102 valence electrons. The van der Waals surface area contributed by atoms with Gasteiger partial charge in [0.15, 0.2) is 15.0 Å². The van der Waals surface area contributed by atoms with Gasteiger partial charge in [-0.3, -0.25) is 5.41 Å². The number of aryl methyl sites for hydroxylation is 2. The van der Waals surface area contributed by atoms with Crippen molar-refractivity contribution < 1.29 is 8.42 Å². The molecule has 0 radical (unpaired) electrons. The Balaban J connectivity index is 2.02. The second kappa shape index (κ2) is 4.24. The molecule has 0 spiro atoms. The highest BCUT2D eigenvalue weighted by atomic mass is 32.2. The number of hydrogen-bond acceptors (Lipinski definition) is 4. The van der Waals surface area contributed by atoms with E-state index in [9.17, 15) is 8.42 Å². The molecule has 0 saturated carbocycles. The standard InChI is InChI=1S/C13H16N2O2S2/c1-8-3-9(2)5-10(4-8)15-11-6-19(16,17)7-12(11)18-13(15)14/h3-5,11-12,14H,6-7H2,1-2H3/t11-,12+/m0/s1. The van der Waals surface area contributed by atoms with Crippen molar-refractivity contribution in [2.24, 2.45) is 0 Å². The summed E-state index contributed by atoms with van der Waals surface area (Å²) in [5, 5.41) is 8.59. The maximum Gasteiger partial charge on any atom is 0.161 e. The zero-order valence-electron chi connectivity index (χ0n) is 10.9. The molecule has 0 aliphatic carbocycles. The molecule has 2 saturated heterocycles. The summed E-state index contributed by atoms with van der Waals surface area (Å²) in [5.41, 5.74) is 3.22. The number of amidine groups is 1. The van der Waals surface area contributed by atoms with Crippen molar-refractivity contribution >= 4 is 32.5 Å². The third kappa shape index (κ3) is 2.27. The predicted octanol–water partition coefficient (Wildman–Crippen LogP) is 1.96. The Kier molecular flexibility index (Phi) is 2.90. The van der Waals surface area contributed by atoms with Gasteiger partial charge in [0.05, 0.1) is 17.5 Å². The molecule has 2 heterocycles. The molecular weight excluding hydrogens is 280 g/mol. The summed E-state index contributed by atoms with van der Waals surface area (Å²) in [6.07, 6.45) is 0. The van der Waals surface area contributed by atoms with Gasteiger partial charge in [-0.25, -0.2) is 8.42 Å². The molecule has 2 fully saturated rings. The van der Waals surface area contributed by atoms with Crippen molar-refractivity contribution in [2.45, 2.75) is 25.1 Å². The fourth-order valence-electron chi connectivity index (χ4n) is 2.90. The van der Waals surface area contributed by atoms with Crippen LogP contribution in [0.15, 0.2) is 18.2 Å². The van der Waals surface area contributed by atoms with Crippen molar-refractivity contribution in [3.05, 3.63) is 29.3 Å². The molecule has 0 aromatic heterocycles. The van der Waals surface area contributed by atoms with Gasteiger partial charge >= 0.3 is 0 Å². The average molecular weight is 296 g/mol. The van der Waals surface area contributed by atoms with Crippen LogP contribution in [0.5, 0.6) is 0 Å². The molecule has 2 aliphatic rings. The summed E-state index contributed by atoms with van der Waals surface area (Å²) in [6.45, 7) is 4.04. The largest absolute Gasteiger partial charge is 0.316 e. The first-order valence-electron chi connectivity index (χ1n) is 6.19. The summed E-state index contributed by atoms with van der Waals surface area (Å²) in [7, 11) is -2.95. The minimum Gasteiger partial charge on any atom is -0.316 e. The van der Waals surface area contributed by atoms with Gasteiger partial charge in [0.25, 0.3) is 0 Å². The number of hydrogen-bond donors (Lipinski definition) is 1. The van der Waals surface area contributed by atoms with Gasteiger partial charge in [0.1, 0.15) is 0 Å². The van der Waals surface area contributed by atoms with Gasteiger partial charge in [-0.05, 0) is 37.1 Å². The zero-order valence-corrected chi connectivity index (χ0v) is 12.5. The Morgan fingerprint density at radius 1 is 1.21 bits per heavy atom. The lowest BCUT2D eigenvalue weighted by molar-refractivity contribution is 0.601. The summed E-state index contributed by atoms with van der Waals surface area (Å²) >= 11 is 1.38. The van der Waals surface area contributed by atoms with Gasteiger partial charge in [-0.15, -0.1) is 0 Å². The lowest BCUT2D eigenvalue weighted by Crippen LogP contribution is -2.37. The molecule has 4 nitrogen and oxygen atoms in total.